The van der Waals surface area contributed by atoms with Gasteiger partial charge in [-0.15, -0.1) is 0 Å². The van der Waals surface area contributed by atoms with Crippen LogP contribution in [0.4, 0.5) is 10.3 Å². The number of hydrogen-bond acceptors (Lipinski definition) is 6. The summed E-state index contributed by atoms with van der Waals surface area (Å²) in [7, 11) is 0. The van der Waals surface area contributed by atoms with Crippen molar-refractivity contribution in [1.29, 1.82) is 0 Å². The zero-order valence-electron chi connectivity index (χ0n) is 10.5. The van der Waals surface area contributed by atoms with E-state index >= 15 is 0 Å². The summed E-state index contributed by atoms with van der Waals surface area (Å²) in [5.41, 5.74) is 5.59. The van der Waals surface area contributed by atoms with Crippen LogP contribution < -0.4 is 10.5 Å². The summed E-state index contributed by atoms with van der Waals surface area (Å²) in [6.45, 7) is 3.72. The number of aromatic nitrogens is 3. The minimum atomic E-state index is -0.314. The molecule has 2 N–H and O–H groups in total. The van der Waals surface area contributed by atoms with E-state index in [9.17, 15) is 4.39 Å². The summed E-state index contributed by atoms with van der Waals surface area (Å²) in [5, 5.41) is 0.369. The first-order chi connectivity index (χ1) is 9.02. The number of rotatable bonds is 4. The maximum absolute atomic E-state index is 13.1. The number of halogens is 1. The first-order valence-electron chi connectivity index (χ1n) is 5.64. The fourth-order valence-corrected chi connectivity index (χ4v) is 2.09. The summed E-state index contributed by atoms with van der Waals surface area (Å²) in [6.07, 6.45) is -0.0613. The molecule has 0 aliphatic rings. The van der Waals surface area contributed by atoms with Gasteiger partial charge in [-0.05, 0) is 43.8 Å². The fourth-order valence-electron chi connectivity index (χ4n) is 1.30. The Balaban J connectivity index is 2.22. The van der Waals surface area contributed by atoms with E-state index in [1.165, 1.54) is 23.9 Å². The monoisotopic (exact) mass is 280 g/mol. The average molecular weight is 280 g/mol. The zero-order chi connectivity index (χ0) is 13.8. The summed E-state index contributed by atoms with van der Waals surface area (Å²) < 4.78 is 18.5. The number of nitrogens with two attached hydrogens (primary N) is 1. The van der Waals surface area contributed by atoms with Gasteiger partial charge in [-0.3, -0.25) is 0 Å². The molecule has 2 aromatic rings. The molecule has 19 heavy (non-hydrogen) atoms. The summed E-state index contributed by atoms with van der Waals surface area (Å²) in [6, 6.07) is 6.32. The molecular weight excluding hydrogens is 267 g/mol. The zero-order valence-corrected chi connectivity index (χ0v) is 11.3. The van der Waals surface area contributed by atoms with Crippen molar-refractivity contribution in [2.24, 2.45) is 0 Å². The minimum Gasteiger partial charge on any atom is -0.461 e. The van der Waals surface area contributed by atoms with Crippen LogP contribution in [0.25, 0.3) is 0 Å². The van der Waals surface area contributed by atoms with E-state index in [0.29, 0.717) is 10.1 Å². The predicted molar refractivity (Wildman–Crippen MR) is 70.5 cm³/mol. The molecule has 0 fully saturated rings. The van der Waals surface area contributed by atoms with Crippen LogP contribution >= 0.6 is 11.8 Å². The molecule has 0 bridgehead atoms. The van der Waals surface area contributed by atoms with Crippen LogP contribution in [0.15, 0.2) is 34.3 Å². The first kappa shape index (κ1) is 13.5. The van der Waals surface area contributed by atoms with E-state index in [0.717, 1.165) is 0 Å². The molecule has 0 aliphatic carbocycles. The van der Waals surface area contributed by atoms with E-state index in [1.54, 1.807) is 12.1 Å². The van der Waals surface area contributed by atoms with Crippen LogP contribution in [-0.2, 0) is 0 Å². The molecule has 0 radical (unpaired) electrons. The smallest absolute Gasteiger partial charge is 0.322 e. The highest BCUT2D eigenvalue weighted by molar-refractivity contribution is 7.99. The molecule has 1 aromatic carbocycles. The molecule has 2 rings (SSSR count). The SMILES string of the molecule is CC(C)Oc1nc(N)nc(Sc2cccc(F)c2)n1. The van der Waals surface area contributed by atoms with Crippen molar-refractivity contribution in [2.75, 3.05) is 5.73 Å². The minimum absolute atomic E-state index is 0.0613. The third-order valence-electron chi connectivity index (χ3n) is 1.96. The van der Waals surface area contributed by atoms with Crippen LogP contribution in [0.5, 0.6) is 6.01 Å². The molecule has 1 heterocycles. The van der Waals surface area contributed by atoms with Gasteiger partial charge in [-0.25, -0.2) is 4.39 Å². The van der Waals surface area contributed by atoms with Crippen LogP contribution in [0, 0.1) is 5.82 Å². The number of nitrogen functional groups attached to an aromatic ring is 1. The second kappa shape index (κ2) is 5.83. The lowest BCUT2D eigenvalue weighted by Crippen LogP contribution is -2.10. The van der Waals surface area contributed by atoms with Crippen LogP contribution in [0.1, 0.15) is 13.8 Å². The molecule has 0 amide bonds. The van der Waals surface area contributed by atoms with Gasteiger partial charge in [0.1, 0.15) is 5.82 Å². The van der Waals surface area contributed by atoms with E-state index < -0.39 is 0 Å². The lowest BCUT2D eigenvalue weighted by Gasteiger charge is -2.08. The van der Waals surface area contributed by atoms with Gasteiger partial charge in [0.25, 0.3) is 0 Å². The van der Waals surface area contributed by atoms with Crippen LogP contribution in [0.3, 0.4) is 0 Å². The predicted octanol–water partition coefficient (Wildman–Crippen LogP) is 2.53. The Kier molecular flexibility index (Phi) is 4.16. The Morgan fingerprint density at radius 1 is 1.26 bits per heavy atom. The van der Waals surface area contributed by atoms with Crippen molar-refractivity contribution in [1.82, 2.24) is 15.0 Å². The van der Waals surface area contributed by atoms with Gasteiger partial charge in [0.2, 0.25) is 11.1 Å². The van der Waals surface area contributed by atoms with Crippen molar-refractivity contribution < 1.29 is 9.13 Å². The third-order valence-corrected chi connectivity index (χ3v) is 2.81. The molecule has 1 aromatic heterocycles. The highest BCUT2D eigenvalue weighted by Crippen LogP contribution is 2.26. The second-order valence-corrected chi connectivity index (χ2v) is 5.03. The van der Waals surface area contributed by atoms with E-state index in [4.69, 9.17) is 10.5 Å². The van der Waals surface area contributed by atoms with Crippen LogP contribution in [0.2, 0.25) is 0 Å². The van der Waals surface area contributed by atoms with Gasteiger partial charge in [0.05, 0.1) is 6.10 Å². The standard InChI is InChI=1S/C12H13FN4OS/c1-7(2)18-11-15-10(14)16-12(17-11)19-9-5-3-4-8(13)6-9/h3-7H,1-2H3,(H2,14,15,16,17). The number of anilines is 1. The molecule has 100 valence electrons. The second-order valence-electron chi connectivity index (χ2n) is 3.98. The third kappa shape index (κ3) is 4.06. The van der Waals surface area contributed by atoms with Gasteiger partial charge < -0.3 is 10.5 Å². The Morgan fingerprint density at radius 3 is 2.74 bits per heavy atom. The Hall–Kier alpha value is -1.89. The summed E-state index contributed by atoms with van der Waals surface area (Å²) >= 11 is 1.19. The number of hydrogen-bond donors (Lipinski definition) is 1. The molecule has 0 saturated heterocycles. The topological polar surface area (TPSA) is 73.9 Å². The molecule has 5 nitrogen and oxygen atoms in total. The van der Waals surface area contributed by atoms with Gasteiger partial charge in [-0.1, -0.05) is 6.07 Å². The van der Waals surface area contributed by atoms with Crippen molar-refractivity contribution in [3.63, 3.8) is 0 Å². The Labute approximate surface area is 114 Å². The molecule has 0 aliphatic heterocycles. The Bertz CT molecular complexity index is 579. The van der Waals surface area contributed by atoms with Gasteiger partial charge in [0.15, 0.2) is 0 Å². The molecule has 0 unspecified atom stereocenters. The number of nitrogens with zero attached hydrogens (tertiary/aromatic N) is 3. The maximum Gasteiger partial charge on any atom is 0.322 e. The summed E-state index contributed by atoms with van der Waals surface area (Å²) in [4.78, 5) is 12.7. The van der Waals surface area contributed by atoms with Crippen molar-refractivity contribution >= 4 is 17.7 Å². The fraction of sp³-hybridized carbons (Fsp3) is 0.250. The maximum atomic E-state index is 13.1. The van der Waals surface area contributed by atoms with E-state index in [2.05, 4.69) is 15.0 Å². The first-order valence-corrected chi connectivity index (χ1v) is 6.46. The van der Waals surface area contributed by atoms with Gasteiger partial charge in [-0.2, -0.15) is 15.0 Å². The lowest BCUT2D eigenvalue weighted by molar-refractivity contribution is 0.219. The van der Waals surface area contributed by atoms with Crippen LogP contribution in [-0.4, -0.2) is 21.1 Å². The van der Waals surface area contributed by atoms with Gasteiger partial charge in [0, 0.05) is 4.90 Å². The van der Waals surface area contributed by atoms with Crippen molar-refractivity contribution in [3.05, 3.63) is 30.1 Å². The largest absolute Gasteiger partial charge is 0.461 e. The highest BCUT2D eigenvalue weighted by atomic mass is 32.2. The molecular formula is C12H13FN4OS. The summed E-state index contributed by atoms with van der Waals surface area (Å²) in [5.74, 6) is -0.241. The van der Waals surface area contributed by atoms with E-state index in [1.807, 2.05) is 13.8 Å². The molecule has 0 atom stereocenters. The number of benzene rings is 1. The molecule has 0 spiro atoms. The van der Waals surface area contributed by atoms with Gasteiger partial charge >= 0.3 is 6.01 Å². The molecule has 0 saturated carbocycles. The van der Waals surface area contributed by atoms with Crippen molar-refractivity contribution in [2.45, 2.75) is 30.0 Å². The number of ether oxygens (including phenoxy) is 1. The average Bonchev–Trinajstić information content (AvgIpc) is 2.26. The van der Waals surface area contributed by atoms with E-state index in [-0.39, 0.29) is 23.9 Å². The normalized spacial score (nSPS) is 10.7. The van der Waals surface area contributed by atoms with Crippen molar-refractivity contribution in [3.8, 4) is 6.01 Å². The lowest BCUT2D eigenvalue weighted by atomic mass is 10.4. The molecule has 7 heteroatoms. The quantitative estimate of drug-likeness (QED) is 0.927. The Morgan fingerprint density at radius 2 is 2.05 bits per heavy atom. The highest BCUT2D eigenvalue weighted by Gasteiger charge is 2.09.